The Morgan fingerprint density at radius 3 is 0.912 bits per heavy atom. The van der Waals surface area contributed by atoms with E-state index in [1.165, 1.54) is 43.7 Å². The number of hydrogen-bond acceptors (Lipinski definition) is 16. The molecule has 8 amide bonds. The number of aromatic nitrogens is 4. The second-order valence-electron chi connectivity index (χ2n) is 27.0. The summed E-state index contributed by atoms with van der Waals surface area (Å²) in [5, 5.41) is 8.28. The first-order valence-electron chi connectivity index (χ1n) is 36.6. The van der Waals surface area contributed by atoms with Gasteiger partial charge in [-0.05, 0) is 195 Å². The molecule has 0 fully saturated rings. The number of fused-ring (bicyclic) bond motifs is 6. The molecule has 0 saturated carbocycles. The van der Waals surface area contributed by atoms with Crippen LogP contribution in [0.1, 0.15) is 139 Å². The molecule has 3 aromatic heterocycles. The molecule has 0 aliphatic carbocycles. The van der Waals surface area contributed by atoms with Crippen LogP contribution in [-0.2, 0) is 7.05 Å². The molecule has 0 spiro atoms. The number of amides is 8. The van der Waals surface area contributed by atoms with Crippen molar-refractivity contribution in [2.24, 2.45) is 7.05 Å². The Morgan fingerprint density at radius 2 is 0.544 bits per heavy atom. The minimum Gasteiger partial charge on any atom is -0.457 e. The molecule has 4 aliphatic heterocycles. The number of anilines is 2. The molecule has 11 aromatic carbocycles. The van der Waals surface area contributed by atoms with E-state index in [0.717, 1.165) is 57.2 Å². The number of aryl methyl sites for hydroxylation is 5. The standard InChI is InChI=1S/C30H20N2O5.2C24H16N2O4.C10H10N2O.2C2H6/c1-17-3-9-21(10-4-17)37-22-11-7-20(8-12-22)32-29(35)24-14-6-19(16-26(24)30(32)36)18-5-13-23-25(15-18)28(34)31(2)27(23)33;1-13-3-7-16(8-4-13)26-23(29)18-10-6-15(12-20(18)24(26)30)14-5-9-17-19(11-14)22(28)25(2)21(17)27;1-13-3-5-14(6-4-13)15-7-9-16(10-8-15)26-23(29)19-11-17-18(12-20(19)24(26)30)22(28)25(2)21(17)27;1-7-3-5-9(6-4-7)10-12-11-8(2)13-10;2*1-2/h3-16H,1-2H3;2*3-12H,1-2H3;3-6H,1-2H3;2*1-2H3. The molecular formula is C92H74N8O14. The van der Waals surface area contributed by atoms with E-state index in [9.17, 15) is 57.5 Å². The van der Waals surface area contributed by atoms with Crippen LogP contribution in [0.4, 0.5) is 11.4 Å². The molecular weight excluding hydrogens is 1440 g/mol. The molecule has 22 nitrogen and oxygen atoms in total. The maximum Gasteiger partial charge on any atom is 0.266 e. The third-order valence-corrected chi connectivity index (χ3v) is 19.7. The van der Waals surface area contributed by atoms with Crippen molar-refractivity contribution >= 4 is 80.2 Å². The second kappa shape index (κ2) is 31.7. The first kappa shape index (κ1) is 77.4. The average molecular weight is 1520 g/mol. The summed E-state index contributed by atoms with van der Waals surface area (Å²) in [5.74, 6) is -0.515. The van der Waals surface area contributed by atoms with Crippen molar-refractivity contribution in [3.63, 3.8) is 0 Å². The van der Waals surface area contributed by atoms with E-state index in [0.29, 0.717) is 102 Å². The molecule has 0 radical (unpaired) electrons. The summed E-state index contributed by atoms with van der Waals surface area (Å²) in [5.41, 5.74) is 12.3. The number of ether oxygens (including phenoxy) is 1. The SMILES string of the molecule is CC.CC.Cc1ccc(-c2ccc(-n3c(=O)c4cc5c(=O)n(C)c(=O)c5cc4c3=O)cc2)cc1.Cc1ccc(-c2nnc(C)o2)cc1.Cc1ccc(N2C(=O)c3ccc(-c4ccc5c(c4)C(=O)N(C)C5=O)cc3C2=O)cc1.Cc1ccc(Oc2ccc(N3C(=O)c4ccc(-c5ccc6c(c5)C(=O)N(C)C6=O)cc4C3=O)cc2)cc1. The number of benzene rings is 11. The highest BCUT2D eigenvalue weighted by Gasteiger charge is 2.40. The van der Waals surface area contributed by atoms with Crippen LogP contribution >= 0.6 is 0 Å². The van der Waals surface area contributed by atoms with Crippen LogP contribution in [0.15, 0.2) is 254 Å². The molecule has 0 atom stereocenters. The topological polar surface area (TPSA) is 276 Å². The number of rotatable bonds is 9. The van der Waals surface area contributed by atoms with E-state index in [2.05, 4.69) is 10.2 Å². The highest BCUT2D eigenvalue weighted by atomic mass is 16.5. The molecule has 0 bridgehead atoms. The highest BCUT2D eigenvalue weighted by molar-refractivity contribution is 6.36. The Hall–Kier alpha value is -14.8. The normalized spacial score (nSPS) is 12.9. The summed E-state index contributed by atoms with van der Waals surface area (Å²) in [6.45, 7) is 17.8. The van der Waals surface area contributed by atoms with Gasteiger partial charge in [-0.25, -0.2) is 14.4 Å². The van der Waals surface area contributed by atoms with E-state index in [1.807, 2.05) is 152 Å². The fourth-order valence-corrected chi connectivity index (χ4v) is 13.5. The van der Waals surface area contributed by atoms with Crippen molar-refractivity contribution in [3.8, 4) is 62.0 Å². The van der Waals surface area contributed by atoms with Crippen molar-refractivity contribution in [2.75, 3.05) is 23.9 Å². The second-order valence-corrected chi connectivity index (χ2v) is 27.0. The lowest BCUT2D eigenvalue weighted by Gasteiger charge is -2.14. The van der Waals surface area contributed by atoms with Gasteiger partial charge in [-0.3, -0.25) is 71.9 Å². The fraction of sp³-hybridized carbons (Fsp3) is 0.130. The van der Waals surface area contributed by atoms with Crippen LogP contribution in [0.2, 0.25) is 0 Å². The van der Waals surface area contributed by atoms with Crippen molar-refractivity contribution in [3.05, 3.63) is 345 Å². The number of carbonyl (C=O) groups is 8. The third-order valence-electron chi connectivity index (χ3n) is 19.7. The molecule has 22 heteroatoms. The van der Waals surface area contributed by atoms with Gasteiger partial charge in [0.1, 0.15) is 11.5 Å². The van der Waals surface area contributed by atoms with Gasteiger partial charge < -0.3 is 9.15 Å². The van der Waals surface area contributed by atoms with E-state index in [4.69, 9.17) is 9.15 Å². The van der Waals surface area contributed by atoms with E-state index >= 15 is 0 Å². The molecule has 114 heavy (non-hydrogen) atoms. The van der Waals surface area contributed by atoms with Crippen LogP contribution < -0.4 is 36.8 Å². The van der Waals surface area contributed by atoms with Crippen LogP contribution in [0.25, 0.3) is 72.1 Å². The number of nitrogens with zero attached hydrogens (tertiary/aromatic N) is 8. The van der Waals surface area contributed by atoms with Gasteiger partial charge >= 0.3 is 0 Å². The summed E-state index contributed by atoms with van der Waals surface area (Å²) >= 11 is 0. The lowest BCUT2D eigenvalue weighted by Crippen LogP contribution is -2.29. The van der Waals surface area contributed by atoms with Crippen molar-refractivity contribution in [1.82, 2.24) is 29.1 Å². The van der Waals surface area contributed by atoms with Crippen LogP contribution in [0.3, 0.4) is 0 Å². The van der Waals surface area contributed by atoms with Crippen LogP contribution in [0, 0.1) is 34.6 Å². The highest BCUT2D eigenvalue weighted by Crippen LogP contribution is 2.38. The first-order valence-corrected chi connectivity index (χ1v) is 36.6. The molecule has 7 heterocycles. The van der Waals surface area contributed by atoms with Crippen LogP contribution in [-0.4, -0.2) is 90.5 Å². The van der Waals surface area contributed by atoms with Crippen molar-refractivity contribution < 1.29 is 47.5 Å². The molecule has 4 aliphatic rings. The largest absolute Gasteiger partial charge is 0.457 e. The average Bonchev–Trinajstić information content (AvgIpc) is 1.55. The van der Waals surface area contributed by atoms with Gasteiger partial charge in [-0.1, -0.05) is 147 Å². The van der Waals surface area contributed by atoms with Gasteiger partial charge in [0, 0.05) is 33.6 Å². The van der Waals surface area contributed by atoms with Crippen molar-refractivity contribution in [2.45, 2.75) is 62.3 Å². The van der Waals surface area contributed by atoms with Gasteiger partial charge in [0.25, 0.3) is 69.5 Å². The number of imide groups is 4. The Morgan fingerprint density at radius 1 is 0.272 bits per heavy atom. The summed E-state index contributed by atoms with van der Waals surface area (Å²) in [6.07, 6.45) is 0. The molecule has 0 saturated heterocycles. The zero-order valence-electron chi connectivity index (χ0n) is 64.2. The molecule has 14 aromatic rings. The van der Waals surface area contributed by atoms with E-state index in [-0.39, 0.29) is 62.6 Å². The third kappa shape index (κ3) is 14.4. The smallest absolute Gasteiger partial charge is 0.266 e. The minimum absolute atomic E-state index is 0.137. The van der Waals surface area contributed by atoms with Gasteiger partial charge in [-0.2, -0.15) is 0 Å². The Labute approximate surface area is 653 Å². The molecule has 0 unspecified atom stereocenters. The number of carbonyl (C=O) groups excluding carboxylic acids is 8. The quantitative estimate of drug-likeness (QED) is 0.121. The predicted octanol–water partition coefficient (Wildman–Crippen LogP) is 16.0. The van der Waals surface area contributed by atoms with Crippen LogP contribution in [0.5, 0.6) is 11.5 Å². The summed E-state index contributed by atoms with van der Waals surface area (Å²) in [6, 6.07) is 67.6. The van der Waals surface area contributed by atoms with Crippen molar-refractivity contribution in [1.29, 1.82) is 0 Å². The Balaban J connectivity index is 0.000000136. The zero-order chi connectivity index (χ0) is 81.4. The summed E-state index contributed by atoms with van der Waals surface area (Å²) in [4.78, 5) is 156. The molecule has 566 valence electrons. The zero-order valence-corrected chi connectivity index (χ0v) is 64.2. The monoisotopic (exact) mass is 1510 g/mol. The van der Waals surface area contributed by atoms with Gasteiger partial charge in [-0.15, -0.1) is 10.2 Å². The maximum atomic E-state index is 13.3. The van der Waals surface area contributed by atoms with E-state index in [1.54, 1.807) is 128 Å². The van der Waals surface area contributed by atoms with E-state index < -0.39 is 34.1 Å². The number of hydrogen-bond donors (Lipinski definition) is 0. The lowest BCUT2D eigenvalue weighted by atomic mass is 9.97. The first-order chi connectivity index (χ1) is 54.8. The molecule has 0 N–H and O–H groups in total. The maximum absolute atomic E-state index is 13.3. The Bertz CT molecular complexity index is 6410. The van der Waals surface area contributed by atoms with Gasteiger partial charge in [0.2, 0.25) is 11.8 Å². The Kier molecular flexibility index (Phi) is 21.5. The summed E-state index contributed by atoms with van der Waals surface area (Å²) in [7, 11) is 4.27. The molecule has 18 rings (SSSR count). The lowest BCUT2D eigenvalue weighted by molar-refractivity contribution is 0.0678. The fourth-order valence-electron chi connectivity index (χ4n) is 13.5. The predicted molar refractivity (Wildman–Crippen MR) is 437 cm³/mol. The van der Waals surface area contributed by atoms with Gasteiger partial charge in [0.15, 0.2) is 0 Å². The minimum atomic E-state index is -0.504. The summed E-state index contributed by atoms with van der Waals surface area (Å²) < 4.78 is 13.2. The van der Waals surface area contributed by atoms with Gasteiger partial charge in [0.05, 0.1) is 83.1 Å².